The highest BCUT2D eigenvalue weighted by atomic mass is 35.5. The first-order valence-corrected chi connectivity index (χ1v) is 9.29. The van der Waals surface area contributed by atoms with Crippen molar-refractivity contribution in [2.24, 2.45) is 5.92 Å². The van der Waals surface area contributed by atoms with Crippen LogP contribution in [-0.4, -0.2) is 33.7 Å². The number of nitrogens with one attached hydrogen (secondary N) is 2. The van der Waals surface area contributed by atoms with E-state index in [1.165, 1.54) is 12.1 Å². The fourth-order valence-corrected chi connectivity index (χ4v) is 3.65. The molecule has 0 aliphatic heterocycles. The quantitative estimate of drug-likeness (QED) is 0.744. The maximum atomic E-state index is 12.3. The van der Waals surface area contributed by atoms with Gasteiger partial charge in [0.15, 0.2) is 0 Å². The van der Waals surface area contributed by atoms with Gasteiger partial charge in [0.1, 0.15) is 4.90 Å². The second-order valence-corrected chi connectivity index (χ2v) is 7.62. The standard InChI is InChI=1S/C15H23ClN2O4S/c1-4-22-15(19)18-12(9-11(2)3)10-17-23(20,21)14-8-6-5-7-13(14)16/h5-8,11-12,17H,4,9-10H2,1-3H3,(H,18,19). The van der Waals surface area contributed by atoms with Crippen molar-refractivity contribution < 1.29 is 17.9 Å². The molecule has 0 radical (unpaired) electrons. The van der Waals surface area contributed by atoms with Crippen LogP contribution in [0.15, 0.2) is 29.2 Å². The third kappa shape index (κ3) is 6.76. The smallest absolute Gasteiger partial charge is 0.407 e. The van der Waals surface area contributed by atoms with E-state index in [0.717, 1.165) is 0 Å². The summed E-state index contributed by atoms with van der Waals surface area (Å²) in [7, 11) is -3.74. The minimum Gasteiger partial charge on any atom is -0.450 e. The zero-order valence-corrected chi connectivity index (χ0v) is 15.1. The number of rotatable bonds is 8. The molecule has 0 aliphatic rings. The molecular formula is C15H23ClN2O4S. The maximum Gasteiger partial charge on any atom is 0.407 e. The molecule has 0 heterocycles. The van der Waals surface area contributed by atoms with Crippen molar-refractivity contribution in [3.8, 4) is 0 Å². The molecule has 130 valence electrons. The fraction of sp³-hybridized carbons (Fsp3) is 0.533. The van der Waals surface area contributed by atoms with E-state index in [1.807, 2.05) is 13.8 Å². The minimum absolute atomic E-state index is 0.0149. The second-order valence-electron chi connectivity index (χ2n) is 5.47. The van der Waals surface area contributed by atoms with E-state index in [0.29, 0.717) is 6.42 Å². The Kier molecular flexibility index (Phi) is 7.81. The fourth-order valence-electron chi connectivity index (χ4n) is 2.05. The Morgan fingerprint density at radius 3 is 2.52 bits per heavy atom. The topological polar surface area (TPSA) is 84.5 Å². The molecule has 0 fully saturated rings. The first-order chi connectivity index (χ1) is 10.8. The molecule has 0 spiro atoms. The zero-order chi connectivity index (χ0) is 17.5. The summed E-state index contributed by atoms with van der Waals surface area (Å²) in [6.45, 7) is 6.00. The average Bonchev–Trinajstić information content (AvgIpc) is 2.45. The summed E-state index contributed by atoms with van der Waals surface area (Å²) >= 11 is 5.93. The predicted molar refractivity (Wildman–Crippen MR) is 90.0 cm³/mol. The van der Waals surface area contributed by atoms with Crippen LogP contribution in [0.5, 0.6) is 0 Å². The number of benzene rings is 1. The van der Waals surface area contributed by atoms with E-state index < -0.39 is 16.1 Å². The maximum absolute atomic E-state index is 12.3. The Morgan fingerprint density at radius 2 is 1.96 bits per heavy atom. The Morgan fingerprint density at radius 1 is 1.30 bits per heavy atom. The van der Waals surface area contributed by atoms with Crippen LogP contribution in [-0.2, 0) is 14.8 Å². The summed E-state index contributed by atoms with van der Waals surface area (Å²) in [6, 6.07) is 5.83. The van der Waals surface area contributed by atoms with Crippen LogP contribution >= 0.6 is 11.6 Å². The van der Waals surface area contributed by atoms with Gasteiger partial charge in [-0.05, 0) is 31.4 Å². The number of ether oxygens (including phenoxy) is 1. The van der Waals surface area contributed by atoms with E-state index in [4.69, 9.17) is 16.3 Å². The molecule has 8 heteroatoms. The summed E-state index contributed by atoms with van der Waals surface area (Å²) in [6.07, 6.45) is 0.0548. The third-order valence-corrected chi connectivity index (χ3v) is 4.92. The lowest BCUT2D eigenvalue weighted by atomic mass is 10.0. The van der Waals surface area contributed by atoms with E-state index >= 15 is 0 Å². The lowest BCUT2D eigenvalue weighted by Crippen LogP contribution is -2.44. The monoisotopic (exact) mass is 362 g/mol. The van der Waals surface area contributed by atoms with E-state index in [9.17, 15) is 13.2 Å². The van der Waals surface area contributed by atoms with Gasteiger partial charge in [0.05, 0.1) is 11.6 Å². The highest BCUT2D eigenvalue weighted by molar-refractivity contribution is 7.89. The first kappa shape index (κ1) is 19.7. The molecule has 23 heavy (non-hydrogen) atoms. The molecule has 0 saturated carbocycles. The molecular weight excluding hydrogens is 340 g/mol. The molecule has 0 bridgehead atoms. The second kappa shape index (κ2) is 9.10. The lowest BCUT2D eigenvalue weighted by Gasteiger charge is -2.21. The molecule has 1 atom stereocenters. The van der Waals surface area contributed by atoms with Gasteiger partial charge in [0.25, 0.3) is 0 Å². The average molecular weight is 363 g/mol. The Balaban J connectivity index is 2.76. The number of carbonyl (C=O) groups excluding carboxylic acids is 1. The predicted octanol–water partition coefficient (Wildman–Crippen LogP) is 2.78. The van der Waals surface area contributed by atoms with Gasteiger partial charge in [-0.1, -0.05) is 37.6 Å². The lowest BCUT2D eigenvalue weighted by molar-refractivity contribution is 0.146. The Labute approximate surface area is 142 Å². The molecule has 0 aromatic heterocycles. The van der Waals surface area contributed by atoms with Crippen molar-refractivity contribution in [2.45, 2.75) is 38.1 Å². The highest BCUT2D eigenvalue weighted by Crippen LogP contribution is 2.20. The van der Waals surface area contributed by atoms with E-state index in [1.54, 1.807) is 19.1 Å². The summed E-state index contributed by atoms with van der Waals surface area (Å²) in [4.78, 5) is 11.6. The minimum atomic E-state index is -3.74. The molecule has 0 aliphatic carbocycles. The van der Waals surface area contributed by atoms with Crippen LogP contribution in [0, 0.1) is 5.92 Å². The van der Waals surface area contributed by atoms with Crippen LogP contribution in [0.2, 0.25) is 5.02 Å². The van der Waals surface area contributed by atoms with Crippen molar-refractivity contribution in [3.05, 3.63) is 29.3 Å². The highest BCUT2D eigenvalue weighted by Gasteiger charge is 2.21. The Hall–Kier alpha value is -1.31. The number of hydrogen-bond donors (Lipinski definition) is 2. The van der Waals surface area contributed by atoms with E-state index in [-0.39, 0.29) is 35.0 Å². The Bertz CT molecular complexity index is 620. The van der Waals surface area contributed by atoms with Gasteiger partial charge in [-0.25, -0.2) is 17.9 Å². The van der Waals surface area contributed by atoms with Gasteiger partial charge < -0.3 is 10.1 Å². The van der Waals surface area contributed by atoms with Crippen molar-refractivity contribution in [3.63, 3.8) is 0 Å². The van der Waals surface area contributed by atoms with Crippen LogP contribution in [0.1, 0.15) is 27.2 Å². The molecule has 1 rings (SSSR count). The van der Waals surface area contributed by atoms with Gasteiger partial charge in [-0.15, -0.1) is 0 Å². The first-order valence-electron chi connectivity index (χ1n) is 7.43. The van der Waals surface area contributed by atoms with Crippen molar-refractivity contribution in [1.29, 1.82) is 0 Å². The molecule has 1 aromatic carbocycles. The number of carbonyl (C=O) groups is 1. The SMILES string of the molecule is CCOC(=O)NC(CNS(=O)(=O)c1ccccc1Cl)CC(C)C. The van der Waals surface area contributed by atoms with Gasteiger partial charge in [-0.2, -0.15) is 0 Å². The van der Waals surface area contributed by atoms with Crippen molar-refractivity contribution in [1.82, 2.24) is 10.0 Å². The summed E-state index contributed by atoms with van der Waals surface area (Å²) in [5, 5.41) is 2.82. The van der Waals surface area contributed by atoms with Gasteiger partial charge in [0.2, 0.25) is 10.0 Å². The van der Waals surface area contributed by atoms with Gasteiger partial charge >= 0.3 is 6.09 Å². The van der Waals surface area contributed by atoms with Crippen LogP contribution in [0.4, 0.5) is 4.79 Å². The summed E-state index contributed by atoms with van der Waals surface area (Å²) in [5.74, 6) is 0.284. The third-order valence-electron chi connectivity index (χ3n) is 3.00. The number of halogens is 1. The zero-order valence-electron chi connectivity index (χ0n) is 13.5. The summed E-state index contributed by atoms with van der Waals surface area (Å²) < 4.78 is 32.0. The van der Waals surface area contributed by atoms with E-state index in [2.05, 4.69) is 10.0 Å². The summed E-state index contributed by atoms with van der Waals surface area (Å²) in [5.41, 5.74) is 0. The molecule has 0 saturated heterocycles. The molecule has 6 nitrogen and oxygen atoms in total. The normalized spacial score (nSPS) is 12.9. The molecule has 2 N–H and O–H groups in total. The van der Waals surface area contributed by atoms with Crippen LogP contribution in [0.3, 0.4) is 0 Å². The molecule has 1 amide bonds. The van der Waals surface area contributed by atoms with Crippen molar-refractivity contribution >= 4 is 27.7 Å². The number of sulfonamides is 1. The molecule has 1 unspecified atom stereocenters. The largest absolute Gasteiger partial charge is 0.450 e. The van der Waals surface area contributed by atoms with Gasteiger partial charge in [-0.3, -0.25) is 0 Å². The number of alkyl carbamates (subject to hydrolysis) is 1. The van der Waals surface area contributed by atoms with Crippen LogP contribution < -0.4 is 10.0 Å². The number of amides is 1. The molecule has 1 aromatic rings. The van der Waals surface area contributed by atoms with Gasteiger partial charge in [0, 0.05) is 12.6 Å². The van der Waals surface area contributed by atoms with Crippen molar-refractivity contribution in [2.75, 3.05) is 13.2 Å². The van der Waals surface area contributed by atoms with Crippen LogP contribution in [0.25, 0.3) is 0 Å². The number of hydrogen-bond acceptors (Lipinski definition) is 4.